The van der Waals surface area contributed by atoms with Crippen LogP contribution in [0.1, 0.15) is 74.1 Å². The summed E-state index contributed by atoms with van der Waals surface area (Å²) in [5, 5.41) is 0.251. The lowest BCUT2D eigenvalue weighted by Crippen LogP contribution is -2.41. The van der Waals surface area contributed by atoms with E-state index in [0.717, 1.165) is 25.9 Å². The normalized spacial score (nSPS) is 15.5. The lowest BCUT2D eigenvalue weighted by atomic mass is 10.0. The number of allylic oxidation sites excluding steroid dienone is 1. The Hall–Kier alpha value is -0.943. The van der Waals surface area contributed by atoms with Gasteiger partial charge in [-0.2, -0.15) is 0 Å². The first kappa shape index (κ1) is 25.1. The smallest absolute Gasteiger partial charge is 0.303 e. The highest BCUT2D eigenvalue weighted by atomic mass is 28.4. The van der Waals surface area contributed by atoms with E-state index in [1.54, 1.807) is 0 Å². The van der Waals surface area contributed by atoms with Gasteiger partial charge in [0.25, 0.3) is 0 Å². The summed E-state index contributed by atoms with van der Waals surface area (Å²) >= 11 is 0. The summed E-state index contributed by atoms with van der Waals surface area (Å²) < 4.78 is 11.3. The summed E-state index contributed by atoms with van der Waals surface area (Å²) in [6, 6.07) is 0. The molecule has 0 bridgehead atoms. The van der Waals surface area contributed by atoms with Gasteiger partial charge in [-0.05, 0) is 57.2 Å². The maximum absolute atomic E-state index is 11.5. The van der Waals surface area contributed by atoms with Gasteiger partial charge in [0.15, 0.2) is 20.2 Å². The zero-order chi connectivity index (χ0) is 20.5. The number of Topliss-reactive ketones (excluding diaryl/α,β-unsaturated/α-hetero) is 1. The lowest BCUT2D eigenvalue weighted by molar-refractivity contribution is -0.152. The average Bonchev–Trinajstić information content (AvgIpc) is 2.47. The van der Waals surface area contributed by atoms with Gasteiger partial charge < -0.3 is 9.16 Å². The molecule has 0 spiro atoms. The summed E-state index contributed by atoms with van der Waals surface area (Å²) in [5.74, 6) is 0.0235. The minimum atomic E-state index is -1.66. The molecule has 152 valence electrons. The molecule has 2 atom stereocenters. The fraction of sp³-hybridized carbons (Fsp3) is 0.810. The van der Waals surface area contributed by atoms with Crippen molar-refractivity contribution in [2.45, 2.75) is 98.4 Å². The fourth-order valence-corrected chi connectivity index (χ4v) is 3.42. The quantitative estimate of drug-likeness (QED) is 0.261. The first-order valence-corrected chi connectivity index (χ1v) is 12.6. The van der Waals surface area contributed by atoms with Crippen molar-refractivity contribution in [3.05, 3.63) is 11.6 Å². The lowest BCUT2D eigenvalue weighted by Gasteiger charge is -2.37. The highest BCUT2D eigenvalue weighted by molar-refractivity contribution is 6.74. The molecule has 4 nitrogen and oxygen atoms in total. The van der Waals surface area contributed by atoms with Crippen LogP contribution in [0.3, 0.4) is 0 Å². The van der Waals surface area contributed by atoms with Gasteiger partial charge in [-0.3, -0.25) is 9.59 Å². The summed E-state index contributed by atoms with van der Waals surface area (Å²) in [4.78, 5) is 22.5. The zero-order valence-electron chi connectivity index (χ0n) is 18.4. The second-order valence-corrected chi connectivity index (χ2v) is 13.9. The second kappa shape index (κ2) is 11.0. The number of esters is 1. The largest absolute Gasteiger partial charge is 0.454 e. The molecule has 0 fully saturated rings. The Morgan fingerprint density at radius 2 is 1.69 bits per heavy atom. The SMILES string of the molecule is CC(=O)OC(C/C=C(/C)CCC[C@H](C)CO[Si](C)(C)C(C)(C)C)C(C)=O. The van der Waals surface area contributed by atoms with Gasteiger partial charge in [-0.25, -0.2) is 0 Å². The van der Waals surface area contributed by atoms with E-state index in [-0.39, 0.29) is 10.8 Å². The predicted molar refractivity (Wildman–Crippen MR) is 111 cm³/mol. The Kier molecular flexibility index (Phi) is 10.6. The highest BCUT2D eigenvalue weighted by Gasteiger charge is 2.37. The number of hydrogen-bond acceptors (Lipinski definition) is 4. The number of carbonyl (C=O) groups excluding carboxylic acids is 2. The Morgan fingerprint density at radius 3 is 2.15 bits per heavy atom. The van der Waals surface area contributed by atoms with Crippen molar-refractivity contribution in [2.75, 3.05) is 6.61 Å². The van der Waals surface area contributed by atoms with Crippen molar-refractivity contribution in [3.8, 4) is 0 Å². The molecule has 0 radical (unpaired) electrons. The first-order valence-electron chi connectivity index (χ1n) is 9.73. The number of hydrogen-bond donors (Lipinski definition) is 0. The third-order valence-electron chi connectivity index (χ3n) is 5.24. The van der Waals surface area contributed by atoms with Gasteiger partial charge in [-0.1, -0.05) is 39.3 Å². The van der Waals surface area contributed by atoms with Gasteiger partial charge in [-0.15, -0.1) is 0 Å². The summed E-state index contributed by atoms with van der Waals surface area (Å²) in [6.07, 6.45) is 5.05. The van der Waals surface area contributed by atoms with Gasteiger partial charge in [0, 0.05) is 20.0 Å². The van der Waals surface area contributed by atoms with Crippen molar-refractivity contribution in [1.82, 2.24) is 0 Å². The molecule has 0 N–H and O–H groups in total. The van der Waals surface area contributed by atoms with Crippen LogP contribution in [0.2, 0.25) is 18.1 Å². The minimum absolute atomic E-state index is 0.111. The zero-order valence-corrected chi connectivity index (χ0v) is 19.4. The molecule has 0 aliphatic heterocycles. The Balaban J connectivity index is 4.25. The molecule has 1 unspecified atom stereocenters. The van der Waals surface area contributed by atoms with Crippen molar-refractivity contribution >= 4 is 20.1 Å². The van der Waals surface area contributed by atoms with Crippen molar-refractivity contribution in [2.24, 2.45) is 5.92 Å². The molecule has 0 aromatic carbocycles. The van der Waals surface area contributed by atoms with Crippen LogP contribution in [0.15, 0.2) is 11.6 Å². The summed E-state index contributed by atoms with van der Waals surface area (Å²) in [7, 11) is -1.66. The topological polar surface area (TPSA) is 52.6 Å². The van der Waals surface area contributed by atoms with Gasteiger partial charge in [0.2, 0.25) is 0 Å². The van der Waals surface area contributed by atoms with Crippen molar-refractivity contribution < 1.29 is 18.8 Å². The van der Waals surface area contributed by atoms with E-state index in [0.29, 0.717) is 12.3 Å². The first-order chi connectivity index (χ1) is 11.8. The Bertz CT molecular complexity index is 489. The molecule has 26 heavy (non-hydrogen) atoms. The van der Waals surface area contributed by atoms with E-state index in [2.05, 4.69) is 47.7 Å². The summed E-state index contributed by atoms with van der Waals surface area (Å²) in [5.41, 5.74) is 1.24. The molecule has 0 saturated carbocycles. The molecule has 5 heteroatoms. The molecule has 0 heterocycles. The molecule has 0 aliphatic rings. The van der Waals surface area contributed by atoms with Crippen LogP contribution in [-0.4, -0.2) is 32.8 Å². The highest BCUT2D eigenvalue weighted by Crippen LogP contribution is 2.36. The molecular formula is C21H40O4Si. The van der Waals surface area contributed by atoms with Crippen LogP contribution in [0.5, 0.6) is 0 Å². The number of ketones is 1. The average molecular weight is 385 g/mol. The van der Waals surface area contributed by atoms with E-state index in [9.17, 15) is 9.59 Å². The van der Waals surface area contributed by atoms with E-state index in [1.165, 1.54) is 19.4 Å². The van der Waals surface area contributed by atoms with Crippen LogP contribution in [0.25, 0.3) is 0 Å². The number of rotatable bonds is 11. The van der Waals surface area contributed by atoms with Gasteiger partial charge in [0.1, 0.15) is 0 Å². The van der Waals surface area contributed by atoms with Crippen LogP contribution < -0.4 is 0 Å². The molecule has 0 saturated heterocycles. The third-order valence-corrected chi connectivity index (χ3v) is 9.75. The fourth-order valence-electron chi connectivity index (χ4n) is 2.29. The summed E-state index contributed by atoms with van der Waals surface area (Å²) in [6.45, 7) is 19.3. The molecule has 0 rings (SSSR count). The van der Waals surface area contributed by atoms with Crippen LogP contribution in [0, 0.1) is 5.92 Å². The number of ether oxygens (including phenoxy) is 1. The molecule has 0 aromatic rings. The molecular weight excluding hydrogens is 344 g/mol. The standard InChI is InChI=1S/C21H40O4Si/c1-16(13-14-20(18(3)22)25-19(4)23)11-10-12-17(2)15-24-26(8,9)21(5,6)7/h13,17,20H,10-12,14-15H2,1-9H3/b16-13-/t17-,20?/m0/s1. The van der Waals surface area contributed by atoms with E-state index in [1.807, 2.05) is 6.08 Å². The molecule has 0 aromatic heterocycles. The Morgan fingerprint density at radius 1 is 1.12 bits per heavy atom. The maximum atomic E-state index is 11.5. The van der Waals surface area contributed by atoms with E-state index < -0.39 is 20.4 Å². The van der Waals surface area contributed by atoms with Gasteiger partial charge >= 0.3 is 5.97 Å². The van der Waals surface area contributed by atoms with Crippen LogP contribution in [-0.2, 0) is 18.8 Å². The van der Waals surface area contributed by atoms with Crippen molar-refractivity contribution in [3.63, 3.8) is 0 Å². The monoisotopic (exact) mass is 384 g/mol. The van der Waals surface area contributed by atoms with Gasteiger partial charge in [0.05, 0.1) is 0 Å². The van der Waals surface area contributed by atoms with Crippen LogP contribution >= 0.6 is 0 Å². The van der Waals surface area contributed by atoms with E-state index in [4.69, 9.17) is 9.16 Å². The third kappa shape index (κ3) is 10.3. The predicted octanol–water partition coefficient (Wildman–Crippen LogP) is 5.67. The molecule has 0 amide bonds. The Labute approximate surface area is 161 Å². The minimum Gasteiger partial charge on any atom is -0.454 e. The maximum Gasteiger partial charge on any atom is 0.303 e. The van der Waals surface area contributed by atoms with Crippen molar-refractivity contribution in [1.29, 1.82) is 0 Å². The number of carbonyl (C=O) groups is 2. The van der Waals surface area contributed by atoms with Crippen LogP contribution in [0.4, 0.5) is 0 Å². The molecule has 0 aliphatic carbocycles. The van der Waals surface area contributed by atoms with E-state index >= 15 is 0 Å². The second-order valence-electron chi connectivity index (χ2n) is 9.06.